The topological polar surface area (TPSA) is 41.6 Å². The normalized spacial score (nSPS) is 10.3. The van der Waals surface area contributed by atoms with Crippen LogP contribution in [0.3, 0.4) is 0 Å². The number of hydrogen-bond donors (Lipinski definition) is 1. The van der Waals surface area contributed by atoms with Gasteiger partial charge in [0.15, 0.2) is 0 Å². The number of ether oxygens (including phenoxy) is 1. The van der Waals surface area contributed by atoms with Gasteiger partial charge in [-0.15, -0.1) is 0 Å². The van der Waals surface area contributed by atoms with E-state index in [1.807, 2.05) is 24.3 Å². The number of carbonyl (C=O) groups excluding carboxylic acids is 1. The second-order valence-corrected chi connectivity index (χ2v) is 6.12. The van der Waals surface area contributed by atoms with E-state index in [0.29, 0.717) is 13.1 Å². The molecule has 0 aliphatic rings. The minimum absolute atomic E-state index is 0.0596. The third-order valence-electron chi connectivity index (χ3n) is 4.09. The summed E-state index contributed by atoms with van der Waals surface area (Å²) in [6.45, 7) is 5.40. The first kappa shape index (κ1) is 17.9. The minimum atomic E-state index is -0.0596. The second-order valence-electron chi connectivity index (χ2n) is 6.12. The van der Waals surface area contributed by atoms with Crippen molar-refractivity contribution in [2.45, 2.75) is 26.8 Å². The number of methoxy groups -OCH3 is 1. The Balaban J connectivity index is 1.80. The average Bonchev–Trinajstić information content (AvgIpc) is 2.57. The molecule has 0 saturated carbocycles. The van der Waals surface area contributed by atoms with E-state index in [9.17, 15) is 4.79 Å². The zero-order valence-corrected chi connectivity index (χ0v) is 14.9. The van der Waals surface area contributed by atoms with Gasteiger partial charge in [-0.05, 0) is 49.1 Å². The Morgan fingerprint density at radius 1 is 1.12 bits per heavy atom. The number of aryl methyl sites for hydroxylation is 2. The lowest BCUT2D eigenvalue weighted by atomic mass is 10.0. The molecule has 4 heteroatoms. The van der Waals surface area contributed by atoms with E-state index in [0.717, 1.165) is 17.7 Å². The van der Waals surface area contributed by atoms with Crippen LogP contribution in [0.5, 0.6) is 5.75 Å². The van der Waals surface area contributed by atoms with Gasteiger partial charge < -0.3 is 15.0 Å². The molecule has 0 aromatic heterocycles. The fourth-order valence-electron chi connectivity index (χ4n) is 2.64. The first-order chi connectivity index (χ1) is 11.5. The molecule has 0 saturated heterocycles. The van der Waals surface area contributed by atoms with Crippen LogP contribution in [0.2, 0.25) is 0 Å². The van der Waals surface area contributed by atoms with Crippen molar-refractivity contribution in [2.75, 3.05) is 20.7 Å². The molecule has 0 radical (unpaired) electrons. The van der Waals surface area contributed by atoms with Gasteiger partial charge in [0.2, 0.25) is 0 Å². The van der Waals surface area contributed by atoms with Crippen LogP contribution in [-0.2, 0) is 13.0 Å². The van der Waals surface area contributed by atoms with Crippen molar-refractivity contribution in [3.05, 3.63) is 64.7 Å². The van der Waals surface area contributed by atoms with Gasteiger partial charge in [0, 0.05) is 20.1 Å². The molecular weight excluding hydrogens is 300 g/mol. The molecule has 2 aromatic rings. The summed E-state index contributed by atoms with van der Waals surface area (Å²) in [5.41, 5.74) is 4.89. The molecule has 128 valence electrons. The maximum atomic E-state index is 12.2. The number of nitrogens with one attached hydrogen (secondary N) is 1. The first-order valence-electron chi connectivity index (χ1n) is 8.17. The van der Waals surface area contributed by atoms with Crippen molar-refractivity contribution < 1.29 is 9.53 Å². The Kier molecular flexibility index (Phi) is 6.24. The Hall–Kier alpha value is -2.49. The van der Waals surface area contributed by atoms with Crippen LogP contribution in [0.4, 0.5) is 4.79 Å². The molecule has 0 bridgehead atoms. The van der Waals surface area contributed by atoms with Crippen molar-refractivity contribution in [1.29, 1.82) is 0 Å². The summed E-state index contributed by atoms with van der Waals surface area (Å²) in [6, 6.07) is 14.1. The summed E-state index contributed by atoms with van der Waals surface area (Å²) in [5, 5.41) is 2.98. The zero-order valence-electron chi connectivity index (χ0n) is 14.9. The fraction of sp³-hybridized carbons (Fsp3) is 0.350. The lowest BCUT2D eigenvalue weighted by molar-refractivity contribution is 0.207. The number of carbonyl (C=O) groups is 1. The van der Waals surface area contributed by atoms with Crippen molar-refractivity contribution in [1.82, 2.24) is 10.2 Å². The van der Waals surface area contributed by atoms with Gasteiger partial charge in [-0.1, -0.05) is 35.9 Å². The van der Waals surface area contributed by atoms with E-state index >= 15 is 0 Å². The van der Waals surface area contributed by atoms with Crippen LogP contribution < -0.4 is 10.1 Å². The molecule has 1 N–H and O–H groups in total. The third kappa shape index (κ3) is 5.01. The number of nitrogens with zero attached hydrogens (tertiary/aromatic N) is 1. The van der Waals surface area contributed by atoms with Crippen LogP contribution in [0, 0.1) is 13.8 Å². The highest BCUT2D eigenvalue weighted by Crippen LogP contribution is 2.13. The predicted molar refractivity (Wildman–Crippen MR) is 97.5 cm³/mol. The van der Waals surface area contributed by atoms with Gasteiger partial charge >= 0.3 is 6.03 Å². The molecule has 0 aliphatic heterocycles. The van der Waals surface area contributed by atoms with E-state index in [2.05, 4.69) is 37.4 Å². The molecule has 24 heavy (non-hydrogen) atoms. The van der Waals surface area contributed by atoms with E-state index in [1.165, 1.54) is 16.7 Å². The Labute approximate surface area is 144 Å². The molecule has 0 spiro atoms. The molecule has 0 aliphatic carbocycles. The van der Waals surface area contributed by atoms with Crippen LogP contribution >= 0.6 is 0 Å². The van der Waals surface area contributed by atoms with Gasteiger partial charge in [-0.2, -0.15) is 0 Å². The molecule has 4 nitrogen and oxygen atoms in total. The quantitative estimate of drug-likeness (QED) is 0.879. The molecule has 0 fully saturated rings. The van der Waals surface area contributed by atoms with Gasteiger partial charge in [0.1, 0.15) is 5.75 Å². The highest BCUT2D eigenvalue weighted by Gasteiger charge is 2.09. The fourth-order valence-corrected chi connectivity index (χ4v) is 2.64. The number of amides is 2. The molecular formula is C20H26N2O2. The highest BCUT2D eigenvalue weighted by atomic mass is 16.5. The zero-order chi connectivity index (χ0) is 17.5. The summed E-state index contributed by atoms with van der Waals surface area (Å²) in [5.74, 6) is 0.819. The second kappa shape index (κ2) is 8.39. The molecule has 2 aromatic carbocycles. The Bertz CT molecular complexity index is 681. The van der Waals surface area contributed by atoms with Crippen LogP contribution in [0.1, 0.15) is 22.3 Å². The van der Waals surface area contributed by atoms with Crippen LogP contribution in [0.25, 0.3) is 0 Å². The average molecular weight is 326 g/mol. The van der Waals surface area contributed by atoms with Crippen molar-refractivity contribution >= 4 is 6.03 Å². The summed E-state index contributed by atoms with van der Waals surface area (Å²) in [7, 11) is 3.45. The third-order valence-corrected chi connectivity index (χ3v) is 4.09. The highest BCUT2D eigenvalue weighted by molar-refractivity contribution is 5.73. The van der Waals surface area contributed by atoms with E-state index in [1.54, 1.807) is 19.1 Å². The Morgan fingerprint density at radius 2 is 1.83 bits per heavy atom. The van der Waals surface area contributed by atoms with Crippen molar-refractivity contribution in [3.63, 3.8) is 0 Å². The van der Waals surface area contributed by atoms with Crippen LogP contribution in [0.15, 0.2) is 42.5 Å². The molecule has 0 unspecified atom stereocenters. The van der Waals surface area contributed by atoms with Gasteiger partial charge in [0.25, 0.3) is 0 Å². The Morgan fingerprint density at radius 3 is 2.46 bits per heavy atom. The standard InChI is InChI=1S/C20H26N2O2/c1-15-5-8-18(16(2)13-15)11-12-21-20(23)22(3)14-17-6-9-19(24-4)10-7-17/h5-10,13H,11-12,14H2,1-4H3,(H,21,23). The summed E-state index contributed by atoms with van der Waals surface area (Å²) in [6.07, 6.45) is 0.841. The molecule has 0 heterocycles. The SMILES string of the molecule is COc1ccc(CN(C)C(=O)NCCc2ccc(C)cc2C)cc1. The van der Waals surface area contributed by atoms with Crippen molar-refractivity contribution in [3.8, 4) is 5.75 Å². The van der Waals surface area contributed by atoms with Gasteiger partial charge in [-0.25, -0.2) is 4.79 Å². The maximum Gasteiger partial charge on any atom is 0.317 e. The van der Waals surface area contributed by atoms with Crippen LogP contribution in [-0.4, -0.2) is 31.6 Å². The monoisotopic (exact) mass is 326 g/mol. The molecule has 2 rings (SSSR count). The number of hydrogen-bond acceptors (Lipinski definition) is 2. The van der Waals surface area contributed by atoms with E-state index in [4.69, 9.17) is 4.74 Å². The summed E-state index contributed by atoms with van der Waals surface area (Å²) in [4.78, 5) is 13.9. The van der Waals surface area contributed by atoms with E-state index < -0.39 is 0 Å². The number of benzene rings is 2. The maximum absolute atomic E-state index is 12.2. The predicted octanol–water partition coefficient (Wildman–Crippen LogP) is 3.70. The summed E-state index contributed by atoms with van der Waals surface area (Å²) >= 11 is 0. The molecule has 0 atom stereocenters. The van der Waals surface area contributed by atoms with E-state index in [-0.39, 0.29) is 6.03 Å². The molecule has 2 amide bonds. The van der Waals surface area contributed by atoms with Crippen molar-refractivity contribution in [2.24, 2.45) is 0 Å². The summed E-state index contributed by atoms with van der Waals surface area (Å²) < 4.78 is 5.14. The smallest absolute Gasteiger partial charge is 0.317 e. The number of rotatable bonds is 6. The largest absolute Gasteiger partial charge is 0.497 e. The minimum Gasteiger partial charge on any atom is -0.497 e. The lowest BCUT2D eigenvalue weighted by Gasteiger charge is -2.18. The number of urea groups is 1. The first-order valence-corrected chi connectivity index (χ1v) is 8.17. The van der Waals surface area contributed by atoms with Gasteiger partial charge in [-0.3, -0.25) is 0 Å². The van der Waals surface area contributed by atoms with Gasteiger partial charge in [0.05, 0.1) is 7.11 Å². The lowest BCUT2D eigenvalue weighted by Crippen LogP contribution is -2.37.